The lowest BCUT2D eigenvalue weighted by Crippen LogP contribution is -2.45. The maximum Gasteiger partial charge on any atom is 0.238 e. The molecule has 0 bridgehead atoms. The molecule has 0 unspecified atom stereocenters. The number of hydrogen-bond donors (Lipinski definition) is 2. The molecule has 0 aliphatic carbocycles. The van der Waals surface area contributed by atoms with Crippen molar-refractivity contribution < 1.29 is 19.4 Å². The molecule has 2 heterocycles. The number of rotatable bonds is 4. The minimum Gasteiger partial charge on any atom is -0.454 e. The molecule has 2 aromatic rings. The molecule has 2 aliphatic heterocycles. The SMILES string of the molecule is O=C(CN1CCC(O)(c2ccccc2)CC1)Nc1ccc2c(c1)OCO2. The molecule has 2 aliphatic rings. The van der Waals surface area contributed by atoms with Gasteiger partial charge in [0.1, 0.15) is 0 Å². The molecule has 6 nitrogen and oxygen atoms in total. The van der Waals surface area contributed by atoms with E-state index in [-0.39, 0.29) is 12.7 Å². The predicted molar refractivity (Wildman–Crippen MR) is 97.2 cm³/mol. The molecule has 0 radical (unpaired) electrons. The Morgan fingerprint density at radius 1 is 1.08 bits per heavy atom. The number of carbonyl (C=O) groups excluding carboxylic acids is 1. The van der Waals surface area contributed by atoms with Crippen LogP contribution in [0, 0.1) is 0 Å². The van der Waals surface area contributed by atoms with Gasteiger partial charge in [0.2, 0.25) is 12.7 Å². The van der Waals surface area contributed by atoms with Gasteiger partial charge in [-0.2, -0.15) is 0 Å². The van der Waals surface area contributed by atoms with E-state index in [1.807, 2.05) is 30.3 Å². The monoisotopic (exact) mass is 354 g/mol. The minimum absolute atomic E-state index is 0.0750. The number of carbonyl (C=O) groups is 1. The molecule has 4 rings (SSSR count). The highest BCUT2D eigenvalue weighted by molar-refractivity contribution is 5.92. The number of fused-ring (bicyclic) bond motifs is 1. The number of hydrogen-bond acceptors (Lipinski definition) is 5. The first-order valence-corrected chi connectivity index (χ1v) is 8.82. The number of piperidine rings is 1. The Bertz CT molecular complexity index is 786. The number of ether oxygens (including phenoxy) is 2. The number of anilines is 1. The predicted octanol–water partition coefficient (Wildman–Crippen LogP) is 2.34. The van der Waals surface area contributed by atoms with E-state index in [9.17, 15) is 9.90 Å². The molecule has 0 saturated carbocycles. The summed E-state index contributed by atoms with van der Waals surface area (Å²) in [7, 11) is 0. The maximum atomic E-state index is 12.3. The van der Waals surface area contributed by atoms with Crippen LogP contribution in [0.1, 0.15) is 18.4 Å². The van der Waals surface area contributed by atoms with Crippen molar-refractivity contribution in [3.8, 4) is 11.5 Å². The average molecular weight is 354 g/mol. The summed E-state index contributed by atoms with van der Waals surface area (Å²) < 4.78 is 10.6. The summed E-state index contributed by atoms with van der Waals surface area (Å²) in [6, 6.07) is 15.1. The maximum absolute atomic E-state index is 12.3. The molecule has 6 heteroatoms. The molecular weight excluding hydrogens is 332 g/mol. The molecule has 0 spiro atoms. The van der Waals surface area contributed by atoms with Crippen molar-refractivity contribution in [2.24, 2.45) is 0 Å². The van der Waals surface area contributed by atoms with Crippen LogP contribution in [0.2, 0.25) is 0 Å². The Morgan fingerprint density at radius 3 is 2.58 bits per heavy atom. The Labute approximate surface area is 152 Å². The molecule has 1 saturated heterocycles. The molecule has 2 aromatic carbocycles. The van der Waals surface area contributed by atoms with Gasteiger partial charge in [0.15, 0.2) is 11.5 Å². The van der Waals surface area contributed by atoms with Crippen molar-refractivity contribution in [2.45, 2.75) is 18.4 Å². The number of likely N-dealkylation sites (tertiary alicyclic amines) is 1. The summed E-state index contributed by atoms with van der Waals surface area (Å²) in [5.74, 6) is 1.27. The van der Waals surface area contributed by atoms with Crippen LogP contribution in [0.4, 0.5) is 5.69 Å². The zero-order valence-corrected chi connectivity index (χ0v) is 14.5. The molecular formula is C20H22N2O4. The van der Waals surface area contributed by atoms with Gasteiger partial charge in [-0.15, -0.1) is 0 Å². The summed E-state index contributed by atoms with van der Waals surface area (Å²) in [5, 5.41) is 13.8. The molecule has 0 atom stereocenters. The fraction of sp³-hybridized carbons (Fsp3) is 0.350. The summed E-state index contributed by atoms with van der Waals surface area (Å²) in [5.41, 5.74) is 0.840. The van der Waals surface area contributed by atoms with Crippen molar-refractivity contribution >= 4 is 11.6 Å². The van der Waals surface area contributed by atoms with E-state index in [1.165, 1.54) is 0 Å². The van der Waals surface area contributed by atoms with E-state index >= 15 is 0 Å². The fourth-order valence-electron chi connectivity index (χ4n) is 3.50. The van der Waals surface area contributed by atoms with Crippen LogP contribution in [0.3, 0.4) is 0 Å². The van der Waals surface area contributed by atoms with Crippen LogP contribution in [-0.4, -0.2) is 42.3 Å². The molecule has 136 valence electrons. The normalized spacial score (nSPS) is 18.5. The van der Waals surface area contributed by atoms with Crippen molar-refractivity contribution in [2.75, 3.05) is 31.7 Å². The summed E-state index contributed by atoms with van der Waals surface area (Å²) in [6.45, 7) is 1.88. The lowest BCUT2D eigenvalue weighted by atomic mass is 9.84. The summed E-state index contributed by atoms with van der Waals surface area (Å²) in [4.78, 5) is 14.4. The van der Waals surface area contributed by atoms with Gasteiger partial charge in [0.25, 0.3) is 0 Å². The number of nitrogens with one attached hydrogen (secondary N) is 1. The van der Waals surface area contributed by atoms with Crippen LogP contribution >= 0.6 is 0 Å². The first kappa shape index (κ1) is 16.9. The van der Waals surface area contributed by atoms with Crippen LogP contribution < -0.4 is 14.8 Å². The smallest absolute Gasteiger partial charge is 0.238 e. The zero-order chi connectivity index (χ0) is 18.0. The second-order valence-electron chi connectivity index (χ2n) is 6.79. The Balaban J connectivity index is 1.31. The first-order chi connectivity index (χ1) is 12.6. The van der Waals surface area contributed by atoms with Crippen molar-refractivity contribution in [1.29, 1.82) is 0 Å². The number of benzene rings is 2. The largest absolute Gasteiger partial charge is 0.454 e. The summed E-state index contributed by atoms with van der Waals surface area (Å²) >= 11 is 0. The number of aliphatic hydroxyl groups is 1. The molecule has 1 fully saturated rings. The van der Waals surface area contributed by atoms with E-state index in [1.54, 1.807) is 18.2 Å². The third-order valence-electron chi connectivity index (χ3n) is 5.02. The molecule has 2 N–H and O–H groups in total. The second kappa shape index (κ2) is 6.97. The third-order valence-corrected chi connectivity index (χ3v) is 5.02. The summed E-state index contributed by atoms with van der Waals surface area (Å²) in [6.07, 6.45) is 1.24. The van der Waals surface area contributed by atoms with E-state index in [4.69, 9.17) is 9.47 Å². The van der Waals surface area contributed by atoms with Gasteiger partial charge in [-0.3, -0.25) is 9.69 Å². The van der Waals surface area contributed by atoms with E-state index in [0.717, 1.165) is 5.56 Å². The average Bonchev–Trinajstić information content (AvgIpc) is 3.12. The highest BCUT2D eigenvalue weighted by Crippen LogP contribution is 2.34. The van der Waals surface area contributed by atoms with Crippen molar-refractivity contribution in [1.82, 2.24) is 4.90 Å². The fourth-order valence-corrected chi connectivity index (χ4v) is 3.50. The van der Waals surface area contributed by atoms with Gasteiger partial charge < -0.3 is 19.9 Å². The quantitative estimate of drug-likeness (QED) is 0.882. The number of amides is 1. The zero-order valence-electron chi connectivity index (χ0n) is 14.5. The van der Waals surface area contributed by atoms with Crippen LogP contribution in [0.15, 0.2) is 48.5 Å². The standard InChI is InChI=1S/C20H22N2O4/c23-19(21-16-6-7-17-18(12-16)26-14-25-17)13-22-10-8-20(24,9-11-22)15-4-2-1-3-5-15/h1-7,12,24H,8-11,13-14H2,(H,21,23). The highest BCUT2D eigenvalue weighted by atomic mass is 16.7. The molecule has 26 heavy (non-hydrogen) atoms. The second-order valence-corrected chi connectivity index (χ2v) is 6.79. The van der Waals surface area contributed by atoms with Gasteiger partial charge in [-0.25, -0.2) is 0 Å². The first-order valence-electron chi connectivity index (χ1n) is 8.82. The number of nitrogens with zero attached hydrogens (tertiary/aromatic N) is 1. The highest BCUT2D eigenvalue weighted by Gasteiger charge is 2.34. The lowest BCUT2D eigenvalue weighted by molar-refractivity contribution is -0.118. The van der Waals surface area contributed by atoms with Crippen LogP contribution in [0.5, 0.6) is 11.5 Å². The van der Waals surface area contributed by atoms with Gasteiger partial charge in [-0.1, -0.05) is 30.3 Å². The van der Waals surface area contributed by atoms with Crippen LogP contribution in [0.25, 0.3) is 0 Å². The third kappa shape index (κ3) is 3.52. The van der Waals surface area contributed by atoms with Gasteiger partial charge in [-0.05, 0) is 30.5 Å². The lowest BCUT2D eigenvalue weighted by Gasteiger charge is -2.38. The van der Waals surface area contributed by atoms with Crippen molar-refractivity contribution in [3.05, 3.63) is 54.1 Å². The topological polar surface area (TPSA) is 71.0 Å². The Morgan fingerprint density at radius 2 is 1.81 bits per heavy atom. The van der Waals surface area contributed by atoms with Gasteiger partial charge >= 0.3 is 0 Å². The van der Waals surface area contributed by atoms with Gasteiger partial charge in [0.05, 0.1) is 12.1 Å². The minimum atomic E-state index is -0.800. The van der Waals surface area contributed by atoms with Crippen molar-refractivity contribution in [3.63, 3.8) is 0 Å². The molecule has 0 aromatic heterocycles. The van der Waals surface area contributed by atoms with E-state index in [0.29, 0.717) is 49.7 Å². The molecule has 1 amide bonds. The Kier molecular flexibility index (Phi) is 4.53. The van der Waals surface area contributed by atoms with E-state index in [2.05, 4.69) is 10.2 Å². The van der Waals surface area contributed by atoms with Crippen LogP contribution in [-0.2, 0) is 10.4 Å². The van der Waals surface area contributed by atoms with Gasteiger partial charge in [0, 0.05) is 24.8 Å². The Hall–Kier alpha value is -2.57. The van der Waals surface area contributed by atoms with E-state index < -0.39 is 5.60 Å².